The number of aromatic amines is 1. The number of hydrogen-bond acceptors (Lipinski definition) is 7. The standard InChI is InChI=1S/C26H31N3O6.ClH/c1-32-20-7-6-8-21-24(20)18-14-28(13-16(18)15-35-21)9-4-5-10-29-25(30)17-11-22(33-2)23(34-3)12-19(17)27-26(29)31;/h6-8,11-12,16,18H,4-5,9-10,13-15H2,1-3H3,(H,27,31);1H/t16-,18-;/m1./s1. The molecule has 1 saturated heterocycles. The lowest BCUT2D eigenvalue weighted by Crippen LogP contribution is -2.35. The fraction of sp³-hybridized carbons (Fsp3) is 0.462. The molecule has 2 aromatic carbocycles. The highest BCUT2D eigenvalue weighted by Crippen LogP contribution is 2.46. The third-order valence-corrected chi connectivity index (χ3v) is 7.18. The summed E-state index contributed by atoms with van der Waals surface area (Å²) < 4.78 is 23.5. The minimum Gasteiger partial charge on any atom is -0.496 e. The van der Waals surface area contributed by atoms with E-state index < -0.39 is 5.69 Å². The van der Waals surface area contributed by atoms with Crippen molar-refractivity contribution in [3.8, 4) is 23.0 Å². The number of nitrogens with zero attached hydrogens (tertiary/aromatic N) is 2. The Balaban J connectivity index is 0.00000304. The first-order valence-electron chi connectivity index (χ1n) is 11.9. The number of likely N-dealkylation sites (tertiary alicyclic amines) is 1. The smallest absolute Gasteiger partial charge is 0.328 e. The van der Waals surface area contributed by atoms with Crippen molar-refractivity contribution in [1.82, 2.24) is 14.5 Å². The molecule has 3 aromatic rings. The van der Waals surface area contributed by atoms with Gasteiger partial charge in [-0.25, -0.2) is 4.79 Å². The van der Waals surface area contributed by atoms with Gasteiger partial charge in [0, 0.05) is 43.1 Å². The van der Waals surface area contributed by atoms with Gasteiger partial charge in [0.25, 0.3) is 5.56 Å². The number of nitrogens with one attached hydrogen (secondary N) is 1. The maximum absolute atomic E-state index is 13.0. The first-order valence-corrected chi connectivity index (χ1v) is 11.9. The summed E-state index contributed by atoms with van der Waals surface area (Å²) in [5, 5.41) is 0.401. The minimum absolute atomic E-state index is 0. The highest BCUT2D eigenvalue weighted by atomic mass is 35.5. The molecule has 0 spiro atoms. The Morgan fingerprint density at radius 1 is 0.972 bits per heavy atom. The second-order valence-corrected chi connectivity index (χ2v) is 9.16. The Labute approximate surface area is 215 Å². The highest BCUT2D eigenvalue weighted by Gasteiger charge is 2.40. The lowest BCUT2D eigenvalue weighted by atomic mass is 9.86. The van der Waals surface area contributed by atoms with E-state index in [1.807, 2.05) is 18.2 Å². The van der Waals surface area contributed by atoms with Crippen LogP contribution in [-0.2, 0) is 6.54 Å². The van der Waals surface area contributed by atoms with Crippen molar-refractivity contribution < 1.29 is 18.9 Å². The van der Waals surface area contributed by atoms with Gasteiger partial charge in [-0.05, 0) is 37.6 Å². The van der Waals surface area contributed by atoms with Crippen LogP contribution in [0.2, 0.25) is 0 Å². The van der Waals surface area contributed by atoms with Gasteiger partial charge in [0.05, 0.1) is 38.8 Å². The number of halogens is 1. The lowest BCUT2D eigenvalue weighted by molar-refractivity contribution is 0.209. The molecule has 5 rings (SSSR count). The molecule has 3 heterocycles. The number of fused-ring (bicyclic) bond motifs is 4. The van der Waals surface area contributed by atoms with Gasteiger partial charge < -0.3 is 28.8 Å². The Morgan fingerprint density at radius 3 is 2.44 bits per heavy atom. The van der Waals surface area contributed by atoms with Crippen molar-refractivity contribution in [3.63, 3.8) is 0 Å². The summed E-state index contributed by atoms with van der Waals surface area (Å²) in [6.45, 7) is 3.92. The maximum Gasteiger partial charge on any atom is 0.328 e. The van der Waals surface area contributed by atoms with Crippen LogP contribution >= 0.6 is 12.4 Å². The fourth-order valence-corrected chi connectivity index (χ4v) is 5.42. The van der Waals surface area contributed by atoms with Crippen LogP contribution in [-0.4, -0.2) is 62.0 Å². The van der Waals surface area contributed by atoms with E-state index in [4.69, 9.17) is 18.9 Å². The van der Waals surface area contributed by atoms with E-state index in [-0.39, 0.29) is 18.0 Å². The van der Waals surface area contributed by atoms with E-state index in [1.54, 1.807) is 19.2 Å². The summed E-state index contributed by atoms with van der Waals surface area (Å²) in [6, 6.07) is 9.21. The van der Waals surface area contributed by atoms with E-state index in [0.29, 0.717) is 40.8 Å². The molecule has 0 unspecified atom stereocenters. The van der Waals surface area contributed by atoms with Gasteiger partial charge >= 0.3 is 5.69 Å². The molecule has 0 aliphatic carbocycles. The average Bonchev–Trinajstić information content (AvgIpc) is 3.30. The number of aromatic nitrogens is 2. The number of ether oxygens (including phenoxy) is 4. The van der Waals surface area contributed by atoms with Crippen LogP contribution in [0.3, 0.4) is 0 Å². The Hall–Kier alpha value is -3.17. The summed E-state index contributed by atoms with van der Waals surface area (Å²) in [5.41, 5.74) is 0.877. The topological polar surface area (TPSA) is 95.0 Å². The van der Waals surface area contributed by atoms with E-state index in [0.717, 1.165) is 50.6 Å². The molecule has 9 nitrogen and oxygen atoms in total. The monoisotopic (exact) mass is 517 g/mol. The van der Waals surface area contributed by atoms with Crippen LogP contribution in [0.25, 0.3) is 10.9 Å². The predicted molar refractivity (Wildman–Crippen MR) is 140 cm³/mol. The Kier molecular flexibility index (Phi) is 7.80. The molecule has 0 radical (unpaired) electrons. The average molecular weight is 518 g/mol. The largest absolute Gasteiger partial charge is 0.496 e. The number of benzene rings is 2. The highest BCUT2D eigenvalue weighted by molar-refractivity contribution is 5.85. The number of hydrogen-bond donors (Lipinski definition) is 1. The minimum atomic E-state index is -0.414. The molecule has 2 atom stereocenters. The van der Waals surface area contributed by atoms with Crippen molar-refractivity contribution >= 4 is 23.3 Å². The molecule has 36 heavy (non-hydrogen) atoms. The van der Waals surface area contributed by atoms with Gasteiger partial charge in [0.1, 0.15) is 11.5 Å². The van der Waals surface area contributed by atoms with Crippen molar-refractivity contribution in [2.24, 2.45) is 5.92 Å². The lowest BCUT2D eigenvalue weighted by Gasteiger charge is -2.29. The Morgan fingerprint density at radius 2 is 1.69 bits per heavy atom. The van der Waals surface area contributed by atoms with Crippen LogP contribution in [0, 0.1) is 5.92 Å². The zero-order valence-corrected chi connectivity index (χ0v) is 21.6. The second-order valence-electron chi connectivity index (χ2n) is 9.16. The summed E-state index contributed by atoms with van der Waals surface area (Å²) >= 11 is 0. The van der Waals surface area contributed by atoms with Crippen molar-refractivity contribution in [2.75, 3.05) is 47.6 Å². The first-order chi connectivity index (χ1) is 17.0. The van der Waals surface area contributed by atoms with E-state index in [2.05, 4.69) is 9.88 Å². The van der Waals surface area contributed by atoms with Crippen molar-refractivity contribution in [2.45, 2.75) is 25.3 Å². The van der Waals surface area contributed by atoms with Crippen LogP contribution in [0.15, 0.2) is 39.9 Å². The van der Waals surface area contributed by atoms with Gasteiger partial charge in [-0.2, -0.15) is 0 Å². The number of rotatable bonds is 8. The third-order valence-electron chi connectivity index (χ3n) is 7.18. The molecular weight excluding hydrogens is 486 g/mol. The second kappa shape index (κ2) is 10.8. The van der Waals surface area contributed by atoms with Gasteiger partial charge in [0.2, 0.25) is 0 Å². The van der Waals surface area contributed by atoms with Gasteiger partial charge in [-0.3, -0.25) is 9.36 Å². The molecule has 2 aliphatic heterocycles. The number of methoxy groups -OCH3 is 3. The molecule has 1 aromatic heterocycles. The fourth-order valence-electron chi connectivity index (χ4n) is 5.42. The molecule has 194 valence electrons. The predicted octanol–water partition coefficient (Wildman–Crippen LogP) is 3.03. The van der Waals surface area contributed by atoms with Gasteiger partial charge in [-0.1, -0.05) is 6.07 Å². The van der Waals surface area contributed by atoms with Crippen LogP contribution in [0.1, 0.15) is 24.3 Å². The van der Waals surface area contributed by atoms with Crippen LogP contribution in [0.4, 0.5) is 0 Å². The van der Waals surface area contributed by atoms with Gasteiger partial charge in [0.15, 0.2) is 11.5 Å². The molecule has 0 bridgehead atoms. The molecule has 0 saturated carbocycles. The van der Waals surface area contributed by atoms with Crippen molar-refractivity contribution in [1.29, 1.82) is 0 Å². The number of H-pyrrole nitrogens is 1. The molecule has 2 aliphatic rings. The van der Waals surface area contributed by atoms with Gasteiger partial charge in [-0.15, -0.1) is 12.4 Å². The molecular formula is C26H32ClN3O6. The maximum atomic E-state index is 13.0. The summed E-state index contributed by atoms with van der Waals surface area (Å²) in [5.74, 6) is 3.57. The summed E-state index contributed by atoms with van der Waals surface area (Å²) in [4.78, 5) is 30.9. The summed E-state index contributed by atoms with van der Waals surface area (Å²) in [6.07, 6.45) is 1.61. The van der Waals surface area contributed by atoms with E-state index >= 15 is 0 Å². The Bertz CT molecular complexity index is 1340. The van der Waals surface area contributed by atoms with Crippen LogP contribution < -0.4 is 30.2 Å². The third kappa shape index (κ3) is 4.65. The van der Waals surface area contributed by atoms with Crippen molar-refractivity contribution in [3.05, 3.63) is 56.7 Å². The zero-order chi connectivity index (χ0) is 24.5. The SMILES string of the molecule is COc1cc2[nH]c(=O)n(CCCCN3C[C@@H]4COc5cccc(OC)c5[C@@H]4C3)c(=O)c2cc1OC.Cl. The quantitative estimate of drug-likeness (QED) is 0.459. The first kappa shape index (κ1) is 25.9. The number of unbranched alkanes of at least 4 members (excludes halogenated alkanes) is 1. The summed E-state index contributed by atoms with van der Waals surface area (Å²) in [7, 11) is 4.73. The molecule has 0 amide bonds. The molecule has 1 N–H and O–H groups in total. The molecule has 1 fully saturated rings. The van der Waals surface area contributed by atoms with Crippen LogP contribution in [0.5, 0.6) is 23.0 Å². The van der Waals surface area contributed by atoms with E-state index in [9.17, 15) is 9.59 Å². The molecule has 10 heteroatoms. The normalized spacial score (nSPS) is 18.6. The zero-order valence-electron chi connectivity index (χ0n) is 20.7. The van der Waals surface area contributed by atoms with E-state index in [1.165, 1.54) is 24.4 Å².